The number of thioether (sulfide) groups is 1. The molecule has 0 radical (unpaired) electrons. The van der Waals surface area contributed by atoms with Crippen molar-refractivity contribution in [2.24, 2.45) is 0 Å². The molecule has 0 aliphatic carbocycles. The van der Waals surface area contributed by atoms with Gasteiger partial charge in [0.1, 0.15) is 0 Å². The number of anilines is 1. The number of ketones is 1. The van der Waals surface area contributed by atoms with Gasteiger partial charge in [0.25, 0.3) is 0 Å². The van der Waals surface area contributed by atoms with Gasteiger partial charge in [-0.3, -0.25) is 4.79 Å². The fraction of sp³-hybridized carbons (Fsp3) is 0.300. The maximum atomic E-state index is 11.7. The minimum atomic E-state index is 0.152. The zero-order valence-electron chi connectivity index (χ0n) is 7.55. The van der Waals surface area contributed by atoms with Gasteiger partial charge in [-0.2, -0.15) is 0 Å². The molecule has 0 aromatic heterocycles. The summed E-state index contributed by atoms with van der Waals surface area (Å²) in [6.07, 6.45) is 1.51. The fourth-order valence-corrected chi connectivity index (χ4v) is 2.80. The topological polar surface area (TPSA) is 43.1 Å². The second-order valence-electron chi connectivity index (χ2n) is 3.25. The number of Topliss-reactive ketones (excluding diaryl/α,β-unsaturated/α-hetero) is 1. The zero-order valence-corrected chi connectivity index (χ0v) is 9.12. The molecule has 0 fully saturated rings. The van der Waals surface area contributed by atoms with Crippen LogP contribution >= 0.6 is 23.4 Å². The molecule has 1 heterocycles. The number of hydrogen-bond acceptors (Lipinski definition) is 3. The first-order valence-corrected chi connectivity index (χ1v) is 5.80. The average Bonchev–Trinajstić information content (AvgIpc) is 2.29. The zero-order chi connectivity index (χ0) is 10.1. The molecule has 1 aromatic rings. The Balaban J connectivity index is 2.58. The number of carbonyl (C=O) groups is 1. The maximum Gasteiger partial charge on any atom is 0.164 e. The minimum absolute atomic E-state index is 0.152. The van der Waals surface area contributed by atoms with Crippen LogP contribution in [0.2, 0.25) is 5.02 Å². The van der Waals surface area contributed by atoms with E-state index in [1.165, 1.54) is 0 Å². The first-order chi connectivity index (χ1) is 6.68. The summed E-state index contributed by atoms with van der Waals surface area (Å²) in [5.74, 6) is 1.10. The van der Waals surface area contributed by atoms with Crippen molar-refractivity contribution in [1.29, 1.82) is 0 Å². The molecule has 1 aliphatic rings. The molecule has 0 saturated carbocycles. The highest BCUT2D eigenvalue weighted by molar-refractivity contribution is 7.99. The molecule has 2 nitrogen and oxygen atoms in total. The van der Waals surface area contributed by atoms with E-state index in [4.69, 9.17) is 17.3 Å². The third kappa shape index (κ3) is 1.74. The Kier molecular flexibility index (Phi) is 2.70. The SMILES string of the molecule is Nc1cc(Cl)cc2c1SCCCC2=O. The van der Waals surface area contributed by atoms with Gasteiger partial charge in [0, 0.05) is 27.6 Å². The van der Waals surface area contributed by atoms with Gasteiger partial charge >= 0.3 is 0 Å². The average molecular weight is 228 g/mol. The number of nitrogens with two attached hydrogens (primary N) is 1. The Morgan fingerprint density at radius 1 is 1.43 bits per heavy atom. The van der Waals surface area contributed by atoms with E-state index in [1.54, 1.807) is 23.9 Å². The number of benzene rings is 1. The smallest absolute Gasteiger partial charge is 0.164 e. The van der Waals surface area contributed by atoms with Crippen LogP contribution in [0, 0.1) is 0 Å². The fourth-order valence-electron chi connectivity index (χ4n) is 1.52. The molecule has 0 atom stereocenters. The molecule has 2 rings (SSSR count). The predicted octanol–water partition coefficient (Wildman–Crippen LogP) is 2.99. The lowest BCUT2D eigenvalue weighted by Gasteiger charge is -2.07. The number of nitrogen functional groups attached to an aromatic ring is 1. The van der Waals surface area contributed by atoms with Gasteiger partial charge in [0.05, 0.1) is 0 Å². The molecule has 14 heavy (non-hydrogen) atoms. The second kappa shape index (κ2) is 3.83. The monoisotopic (exact) mass is 227 g/mol. The predicted molar refractivity (Wildman–Crippen MR) is 60.2 cm³/mol. The van der Waals surface area contributed by atoms with E-state index in [1.807, 2.05) is 0 Å². The lowest BCUT2D eigenvalue weighted by Crippen LogP contribution is -2.01. The van der Waals surface area contributed by atoms with Crippen LogP contribution in [0.25, 0.3) is 0 Å². The molecule has 0 spiro atoms. The Hall–Kier alpha value is -0.670. The van der Waals surface area contributed by atoms with Crippen molar-refractivity contribution in [3.63, 3.8) is 0 Å². The number of carbonyl (C=O) groups excluding carboxylic acids is 1. The summed E-state index contributed by atoms with van der Waals surface area (Å²) < 4.78 is 0. The van der Waals surface area contributed by atoms with Crippen molar-refractivity contribution in [3.8, 4) is 0 Å². The van der Waals surface area contributed by atoms with E-state index < -0.39 is 0 Å². The van der Waals surface area contributed by atoms with Crippen molar-refractivity contribution in [2.75, 3.05) is 11.5 Å². The third-order valence-corrected chi connectivity index (χ3v) is 3.63. The van der Waals surface area contributed by atoms with Crippen molar-refractivity contribution in [2.45, 2.75) is 17.7 Å². The Labute approximate surface area is 91.8 Å². The van der Waals surface area contributed by atoms with Gasteiger partial charge in [0.15, 0.2) is 5.78 Å². The van der Waals surface area contributed by atoms with E-state index in [9.17, 15) is 4.79 Å². The molecule has 2 N–H and O–H groups in total. The van der Waals surface area contributed by atoms with Crippen LogP contribution in [0.1, 0.15) is 23.2 Å². The van der Waals surface area contributed by atoms with Gasteiger partial charge in [-0.15, -0.1) is 11.8 Å². The Morgan fingerprint density at radius 3 is 3.00 bits per heavy atom. The molecule has 1 aliphatic heterocycles. The van der Waals surface area contributed by atoms with E-state index in [2.05, 4.69) is 0 Å². The summed E-state index contributed by atoms with van der Waals surface area (Å²) in [6, 6.07) is 3.42. The first kappa shape index (κ1) is 9.87. The third-order valence-electron chi connectivity index (χ3n) is 2.18. The molecule has 0 unspecified atom stereocenters. The van der Waals surface area contributed by atoms with E-state index >= 15 is 0 Å². The molecule has 74 valence electrons. The van der Waals surface area contributed by atoms with Crippen molar-refractivity contribution >= 4 is 34.8 Å². The summed E-state index contributed by atoms with van der Waals surface area (Å²) in [7, 11) is 0. The van der Waals surface area contributed by atoms with Crippen LogP contribution in [0.3, 0.4) is 0 Å². The molecular weight excluding hydrogens is 218 g/mol. The number of hydrogen-bond donors (Lipinski definition) is 1. The number of halogens is 1. The molecule has 0 bridgehead atoms. The Morgan fingerprint density at radius 2 is 2.21 bits per heavy atom. The van der Waals surface area contributed by atoms with E-state index in [-0.39, 0.29) is 5.78 Å². The molecule has 0 saturated heterocycles. The molecule has 1 aromatic carbocycles. The van der Waals surface area contributed by atoms with Crippen molar-refractivity contribution in [1.82, 2.24) is 0 Å². The lowest BCUT2D eigenvalue weighted by atomic mass is 10.1. The minimum Gasteiger partial charge on any atom is -0.398 e. The van der Waals surface area contributed by atoms with E-state index in [0.717, 1.165) is 17.1 Å². The number of rotatable bonds is 0. The summed E-state index contributed by atoms with van der Waals surface area (Å²) in [5, 5.41) is 0.539. The molecule has 0 amide bonds. The Bertz CT molecular complexity index is 392. The standard InChI is InChI=1S/C10H10ClNOS/c11-6-4-7-9(13)2-1-3-14-10(7)8(12)5-6/h4-5H,1-3,12H2. The summed E-state index contributed by atoms with van der Waals surface area (Å²) in [6.45, 7) is 0. The first-order valence-electron chi connectivity index (χ1n) is 4.43. The molecular formula is C10H10ClNOS. The largest absolute Gasteiger partial charge is 0.398 e. The van der Waals surface area contributed by atoms with Gasteiger partial charge in [-0.05, 0) is 24.3 Å². The highest BCUT2D eigenvalue weighted by Crippen LogP contribution is 2.35. The van der Waals surface area contributed by atoms with Crippen LogP contribution < -0.4 is 5.73 Å². The lowest BCUT2D eigenvalue weighted by molar-refractivity contribution is 0.0980. The highest BCUT2D eigenvalue weighted by Gasteiger charge is 2.18. The summed E-state index contributed by atoms with van der Waals surface area (Å²) >= 11 is 7.50. The van der Waals surface area contributed by atoms with Gasteiger partial charge in [0.2, 0.25) is 0 Å². The quantitative estimate of drug-likeness (QED) is 0.693. The van der Waals surface area contributed by atoms with Gasteiger partial charge < -0.3 is 5.73 Å². The normalized spacial score (nSPS) is 16.2. The van der Waals surface area contributed by atoms with Gasteiger partial charge in [-0.1, -0.05) is 11.6 Å². The van der Waals surface area contributed by atoms with Crippen molar-refractivity contribution in [3.05, 3.63) is 22.7 Å². The van der Waals surface area contributed by atoms with Gasteiger partial charge in [-0.25, -0.2) is 0 Å². The van der Waals surface area contributed by atoms with Crippen LogP contribution in [-0.2, 0) is 0 Å². The summed E-state index contributed by atoms with van der Waals surface area (Å²) in [4.78, 5) is 12.6. The van der Waals surface area contributed by atoms with Crippen molar-refractivity contribution < 1.29 is 4.79 Å². The number of fused-ring (bicyclic) bond motifs is 1. The van der Waals surface area contributed by atoms with Crippen LogP contribution in [0.4, 0.5) is 5.69 Å². The van der Waals surface area contributed by atoms with E-state index in [0.29, 0.717) is 22.7 Å². The maximum absolute atomic E-state index is 11.7. The second-order valence-corrected chi connectivity index (χ2v) is 4.79. The highest BCUT2D eigenvalue weighted by atomic mass is 35.5. The molecule has 4 heteroatoms. The summed E-state index contributed by atoms with van der Waals surface area (Å²) in [5.41, 5.74) is 7.13. The van der Waals surface area contributed by atoms with Crippen LogP contribution in [0.15, 0.2) is 17.0 Å². The van der Waals surface area contributed by atoms with Crippen LogP contribution in [-0.4, -0.2) is 11.5 Å². The van der Waals surface area contributed by atoms with Crippen LogP contribution in [0.5, 0.6) is 0 Å².